The van der Waals surface area contributed by atoms with Crippen molar-refractivity contribution in [1.82, 2.24) is 15.2 Å². The smallest absolute Gasteiger partial charge is 0.277 e. The van der Waals surface area contributed by atoms with Crippen LogP contribution in [0.15, 0.2) is 64.4 Å². The average molecular weight is 390 g/mol. The van der Waals surface area contributed by atoms with Gasteiger partial charge in [-0.2, -0.15) is 0 Å². The summed E-state index contributed by atoms with van der Waals surface area (Å²) in [5, 5.41) is 9.68. The molecule has 0 unspecified atom stereocenters. The molecule has 1 aliphatic rings. The highest BCUT2D eigenvalue weighted by Gasteiger charge is 2.30. The van der Waals surface area contributed by atoms with E-state index in [4.69, 9.17) is 4.42 Å². The highest BCUT2D eigenvalue weighted by molar-refractivity contribution is 7.99. The van der Waals surface area contributed by atoms with Gasteiger partial charge in [0.15, 0.2) is 0 Å². The number of aromatic nitrogens is 3. The first-order valence-electron chi connectivity index (χ1n) is 9.13. The Hall–Kier alpha value is -3.06. The first kappa shape index (κ1) is 17.1. The van der Waals surface area contributed by atoms with Crippen molar-refractivity contribution in [2.24, 2.45) is 0 Å². The number of aromatic amines is 1. The zero-order valence-electron chi connectivity index (χ0n) is 15.3. The third-order valence-electron chi connectivity index (χ3n) is 5.02. The Balaban J connectivity index is 1.31. The molecule has 3 heterocycles. The van der Waals surface area contributed by atoms with Crippen molar-refractivity contribution in [1.29, 1.82) is 0 Å². The fourth-order valence-corrected chi connectivity index (χ4v) is 4.39. The van der Waals surface area contributed by atoms with Gasteiger partial charge in [0.25, 0.3) is 11.1 Å². The fourth-order valence-electron chi connectivity index (χ4n) is 3.76. The van der Waals surface area contributed by atoms with Gasteiger partial charge in [-0.3, -0.25) is 4.79 Å². The van der Waals surface area contributed by atoms with Gasteiger partial charge in [0.2, 0.25) is 5.91 Å². The van der Waals surface area contributed by atoms with Crippen molar-refractivity contribution < 1.29 is 9.21 Å². The van der Waals surface area contributed by atoms with E-state index < -0.39 is 0 Å². The second-order valence-electron chi connectivity index (χ2n) is 6.86. The summed E-state index contributed by atoms with van der Waals surface area (Å²) in [5.74, 6) is 0.760. The van der Waals surface area contributed by atoms with Crippen molar-refractivity contribution >= 4 is 34.3 Å². The van der Waals surface area contributed by atoms with Gasteiger partial charge in [-0.05, 0) is 31.0 Å². The molecule has 1 aliphatic heterocycles. The Bertz CT molecular complexity index is 1170. The van der Waals surface area contributed by atoms with Gasteiger partial charge < -0.3 is 14.3 Å². The van der Waals surface area contributed by atoms with E-state index in [-0.39, 0.29) is 17.7 Å². The Morgan fingerprint density at radius 2 is 2.04 bits per heavy atom. The SMILES string of the molecule is C[C@@H]1Cc2ccccc2N1C(=O)CSc1nnc(-c2c[nH]c3ccccc23)o1. The lowest BCUT2D eigenvalue weighted by Crippen LogP contribution is -2.36. The first-order chi connectivity index (χ1) is 13.7. The topological polar surface area (TPSA) is 75.0 Å². The molecule has 4 aromatic rings. The number of hydrogen-bond donors (Lipinski definition) is 1. The number of anilines is 1. The molecule has 0 saturated heterocycles. The average Bonchev–Trinajstić information content (AvgIpc) is 3.41. The summed E-state index contributed by atoms with van der Waals surface area (Å²) in [6.45, 7) is 2.07. The van der Waals surface area contributed by atoms with E-state index in [1.54, 1.807) is 0 Å². The molecule has 2 aromatic heterocycles. The van der Waals surface area contributed by atoms with Crippen molar-refractivity contribution in [2.45, 2.75) is 24.6 Å². The molecule has 1 N–H and O–H groups in total. The number of thioether (sulfide) groups is 1. The maximum absolute atomic E-state index is 12.8. The number of fused-ring (bicyclic) bond motifs is 2. The molecule has 140 valence electrons. The summed E-state index contributed by atoms with van der Waals surface area (Å²) < 4.78 is 5.80. The molecule has 6 nitrogen and oxygen atoms in total. The zero-order valence-corrected chi connectivity index (χ0v) is 16.1. The molecule has 0 spiro atoms. The molecule has 0 saturated carbocycles. The van der Waals surface area contributed by atoms with Crippen LogP contribution in [-0.2, 0) is 11.2 Å². The summed E-state index contributed by atoms with van der Waals surface area (Å²) >= 11 is 1.27. The molecule has 2 aromatic carbocycles. The lowest BCUT2D eigenvalue weighted by Gasteiger charge is -2.22. The number of carbonyl (C=O) groups is 1. The number of benzene rings is 2. The molecule has 0 fully saturated rings. The number of hydrogen-bond acceptors (Lipinski definition) is 5. The van der Waals surface area contributed by atoms with Crippen molar-refractivity contribution in [3.8, 4) is 11.5 Å². The Kier molecular flexibility index (Phi) is 4.16. The minimum Gasteiger partial charge on any atom is -0.411 e. The largest absolute Gasteiger partial charge is 0.411 e. The molecule has 7 heteroatoms. The Morgan fingerprint density at radius 3 is 2.96 bits per heavy atom. The highest BCUT2D eigenvalue weighted by atomic mass is 32.2. The highest BCUT2D eigenvalue weighted by Crippen LogP contribution is 2.33. The van der Waals surface area contributed by atoms with E-state index in [0.717, 1.165) is 28.6 Å². The normalized spacial score (nSPS) is 15.9. The van der Waals surface area contributed by atoms with E-state index in [1.807, 2.05) is 53.6 Å². The summed E-state index contributed by atoms with van der Waals surface area (Å²) in [6.07, 6.45) is 2.75. The van der Waals surface area contributed by atoms with E-state index in [1.165, 1.54) is 17.3 Å². The van der Waals surface area contributed by atoms with Crippen molar-refractivity contribution in [3.63, 3.8) is 0 Å². The van der Waals surface area contributed by atoms with Gasteiger partial charge in [-0.15, -0.1) is 10.2 Å². The van der Waals surface area contributed by atoms with Crippen LogP contribution in [0.5, 0.6) is 0 Å². The van der Waals surface area contributed by atoms with Gasteiger partial charge in [-0.1, -0.05) is 48.2 Å². The fraction of sp³-hybridized carbons (Fsp3) is 0.190. The summed E-state index contributed by atoms with van der Waals surface area (Å²) in [7, 11) is 0. The van der Waals surface area contributed by atoms with Gasteiger partial charge in [-0.25, -0.2) is 0 Å². The van der Waals surface area contributed by atoms with Crippen LogP contribution in [0.4, 0.5) is 5.69 Å². The molecule has 5 rings (SSSR count). The Labute approximate surface area is 166 Å². The molecular weight excluding hydrogens is 372 g/mol. The third-order valence-corrected chi connectivity index (χ3v) is 5.82. The molecule has 28 heavy (non-hydrogen) atoms. The number of amides is 1. The minimum atomic E-state index is 0.0503. The van der Waals surface area contributed by atoms with Gasteiger partial charge in [0.05, 0.1) is 11.3 Å². The van der Waals surface area contributed by atoms with E-state index in [9.17, 15) is 4.79 Å². The number of H-pyrrole nitrogens is 1. The monoisotopic (exact) mass is 390 g/mol. The maximum atomic E-state index is 12.8. The molecule has 1 atom stereocenters. The van der Waals surface area contributed by atoms with E-state index in [0.29, 0.717) is 11.1 Å². The third kappa shape index (κ3) is 2.88. The van der Waals surface area contributed by atoms with Crippen molar-refractivity contribution in [2.75, 3.05) is 10.7 Å². The van der Waals surface area contributed by atoms with Crippen LogP contribution in [0, 0.1) is 0 Å². The number of para-hydroxylation sites is 2. The second kappa shape index (κ2) is 6.83. The minimum absolute atomic E-state index is 0.0503. The number of nitrogens with one attached hydrogen (secondary N) is 1. The molecule has 0 bridgehead atoms. The van der Waals surface area contributed by atoms with E-state index in [2.05, 4.69) is 28.2 Å². The van der Waals surface area contributed by atoms with Crippen molar-refractivity contribution in [3.05, 3.63) is 60.3 Å². The Morgan fingerprint density at radius 1 is 1.21 bits per heavy atom. The van der Waals surface area contributed by atoms with Crippen LogP contribution in [0.2, 0.25) is 0 Å². The maximum Gasteiger partial charge on any atom is 0.277 e. The summed E-state index contributed by atoms with van der Waals surface area (Å²) in [5.41, 5.74) is 4.10. The van der Waals surface area contributed by atoms with Gasteiger partial charge in [0, 0.05) is 28.8 Å². The van der Waals surface area contributed by atoms with Crippen LogP contribution < -0.4 is 4.90 Å². The van der Waals surface area contributed by atoms with Crippen LogP contribution in [0.25, 0.3) is 22.4 Å². The van der Waals surface area contributed by atoms with E-state index >= 15 is 0 Å². The molecule has 0 aliphatic carbocycles. The lowest BCUT2D eigenvalue weighted by atomic mass is 10.1. The summed E-state index contributed by atoms with van der Waals surface area (Å²) in [4.78, 5) is 17.9. The van der Waals surface area contributed by atoms with Gasteiger partial charge >= 0.3 is 0 Å². The zero-order chi connectivity index (χ0) is 19.1. The molecule has 0 radical (unpaired) electrons. The van der Waals surface area contributed by atoms with Crippen LogP contribution in [-0.4, -0.2) is 32.9 Å². The van der Waals surface area contributed by atoms with Crippen LogP contribution in [0.1, 0.15) is 12.5 Å². The standard InChI is InChI=1S/C21H18N4O2S/c1-13-10-14-6-2-5-9-18(14)25(13)19(26)12-28-21-24-23-20(27-21)16-11-22-17-8-4-3-7-15(16)17/h2-9,11,13,22H,10,12H2,1H3/t13-/m1/s1. The predicted molar refractivity (Wildman–Crippen MR) is 109 cm³/mol. The quantitative estimate of drug-likeness (QED) is 0.526. The van der Waals surface area contributed by atoms with Gasteiger partial charge in [0.1, 0.15) is 0 Å². The van der Waals surface area contributed by atoms with Crippen LogP contribution in [0.3, 0.4) is 0 Å². The molecule has 1 amide bonds. The summed E-state index contributed by atoms with van der Waals surface area (Å²) in [6, 6.07) is 16.2. The number of carbonyl (C=O) groups excluding carboxylic acids is 1. The second-order valence-corrected chi connectivity index (χ2v) is 7.78. The first-order valence-corrected chi connectivity index (χ1v) is 10.1. The van der Waals surface area contributed by atoms with Crippen LogP contribution >= 0.6 is 11.8 Å². The number of rotatable bonds is 4. The number of nitrogens with zero attached hydrogens (tertiary/aromatic N) is 3. The molecular formula is C21H18N4O2S. The predicted octanol–water partition coefficient (Wildman–Crippen LogP) is 4.29. The lowest BCUT2D eigenvalue weighted by molar-refractivity contribution is -0.116.